The van der Waals surface area contributed by atoms with Crippen LogP contribution in [0.25, 0.3) is 11.1 Å². The summed E-state index contributed by atoms with van der Waals surface area (Å²) in [5.41, 5.74) is 2.44. The molecule has 116 valence electrons. The number of amides is 2. The number of carbonyl (C=O) groups is 2. The number of fused-ring (bicyclic) bond motifs is 1. The Bertz CT molecular complexity index is 714. The van der Waals surface area contributed by atoms with E-state index in [0.29, 0.717) is 44.1 Å². The molecule has 6 nitrogen and oxygen atoms in total. The van der Waals surface area contributed by atoms with Crippen LogP contribution < -0.4 is 0 Å². The summed E-state index contributed by atoms with van der Waals surface area (Å²) < 4.78 is 5.50. The standard InChI is InChI=1S/C16H19N3O3/c1-11-17-14-4-3-13(9-15(14)22-11)10-16(21)19-7-5-18(6-8-19)12(2)20/h3-4,9H,5-8,10H2,1-2H3. The molecule has 0 bridgehead atoms. The van der Waals surface area contributed by atoms with Crippen LogP contribution in [0.2, 0.25) is 0 Å². The maximum Gasteiger partial charge on any atom is 0.227 e. The first-order valence-corrected chi connectivity index (χ1v) is 7.42. The topological polar surface area (TPSA) is 66.7 Å². The molecule has 0 radical (unpaired) electrons. The van der Waals surface area contributed by atoms with Crippen molar-refractivity contribution in [1.29, 1.82) is 0 Å². The number of carbonyl (C=O) groups excluding carboxylic acids is 2. The van der Waals surface area contributed by atoms with Gasteiger partial charge in [-0.1, -0.05) is 6.07 Å². The van der Waals surface area contributed by atoms with Crippen LogP contribution in [-0.2, 0) is 16.0 Å². The van der Waals surface area contributed by atoms with Gasteiger partial charge in [-0.3, -0.25) is 9.59 Å². The van der Waals surface area contributed by atoms with E-state index in [1.54, 1.807) is 18.7 Å². The number of aryl methyl sites for hydroxylation is 1. The van der Waals surface area contributed by atoms with E-state index in [1.807, 2.05) is 23.1 Å². The first-order valence-electron chi connectivity index (χ1n) is 7.42. The van der Waals surface area contributed by atoms with Crippen molar-refractivity contribution < 1.29 is 14.0 Å². The summed E-state index contributed by atoms with van der Waals surface area (Å²) in [7, 11) is 0. The summed E-state index contributed by atoms with van der Waals surface area (Å²) in [5.74, 6) is 0.774. The Kier molecular flexibility index (Phi) is 3.83. The van der Waals surface area contributed by atoms with Crippen LogP contribution in [0.15, 0.2) is 22.6 Å². The van der Waals surface area contributed by atoms with Gasteiger partial charge in [0.05, 0.1) is 6.42 Å². The molecular formula is C16H19N3O3. The van der Waals surface area contributed by atoms with E-state index < -0.39 is 0 Å². The maximum absolute atomic E-state index is 12.4. The molecule has 1 aliphatic rings. The zero-order chi connectivity index (χ0) is 15.7. The Labute approximate surface area is 128 Å². The van der Waals surface area contributed by atoms with Gasteiger partial charge in [0.1, 0.15) is 5.52 Å². The lowest BCUT2D eigenvalue weighted by Gasteiger charge is -2.34. The number of nitrogens with zero attached hydrogens (tertiary/aromatic N) is 3. The van der Waals surface area contributed by atoms with Crippen molar-refractivity contribution in [3.8, 4) is 0 Å². The minimum atomic E-state index is 0.0678. The van der Waals surface area contributed by atoms with E-state index in [-0.39, 0.29) is 11.8 Å². The summed E-state index contributed by atoms with van der Waals surface area (Å²) in [6.45, 7) is 5.79. The molecule has 0 N–H and O–H groups in total. The van der Waals surface area contributed by atoms with Gasteiger partial charge in [-0.15, -0.1) is 0 Å². The number of rotatable bonds is 2. The van der Waals surface area contributed by atoms with Gasteiger partial charge in [-0.2, -0.15) is 0 Å². The lowest BCUT2D eigenvalue weighted by molar-refractivity contribution is -0.138. The molecule has 1 aromatic heterocycles. The normalized spacial score (nSPS) is 15.4. The zero-order valence-corrected chi connectivity index (χ0v) is 12.8. The van der Waals surface area contributed by atoms with Crippen LogP contribution in [-0.4, -0.2) is 52.8 Å². The molecule has 1 aromatic carbocycles. The predicted octanol–water partition coefficient (Wildman–Crippen LogP) is 1.37. The highest BCUT2D eigenvalue weighted by Gasteiger charge is 2.22. The van der Waals surface area contributed by atoms with Gasteiger partial charge in [0, 0.05) is 40.0 Å². The van der Waals surface area contributed by atoms with Crippen molar-refractivity contribution >= 4 is 22.9 Å². The Morgan fingerprint density at radius 2 is 1.86 bits per heavy atom. The van der Waals surface area contributed by atoms with Crippen molar-refractivity contribution in [1.82, 2.24) is 14.8 Å². The van der Waals surface area contributed by atoms with Crippen molar-refractivity contribution in [2.24, 2.45) is 0 Å². The molecule has 1 fully saturated rings. The van der Waals surface area contributed by atoms with Gasteiger partial charge in [-0.25, -0.2) is 4.98 Å². The van der Waals surface area contributed by atoms with Crippen molar-refractivity contribution in [2.45, 2.75) is 20.3 Å². The minimum Gasteiger partial charge on any atom is -0.441 e. The van der Waals surface area contributed by atoms with Crippen molar-refractivity contribution in [3.63, 3.8) is 0 Å². The Hall–Kier alpha value is -2.37. The Morgan fingerprint density at radius 3 is 2.55 bits per heavy atom. The molecule has 0 atom stereocenters. The molecule has 6 heteroatoms. The molecule has 1 aliphatic heterocycles. The van der Waals surface area contributed by atoms with Crippen LogP contribution in [0.3, 0.4) is 0 Å². The maximum atomic E-state index is 12.4. The molecule has 0 saturated carbocycles. The Morgan fingerprint density at radius 1 is 1.18 bits per heavy atom. The number of hydrogen-bond donors (Lipinski definition) is 0. The van der Waals surface area contributed by atoms with Gasteiger partial charge < -0.3 is 14.2 Å². The highest BCUT2D eigenvalue weighted by Crippen LogP contribution is 2.18. The molecule has 2 amide bonds. The molecular weight excluding hydrogens is 282 g/mol. The second-order valence-corrected chi connectivity index (χ2v) is 5.60. The molecule has 0 spiro atoms. The summed E-state index contributed by atoms with van der Waals surface area (Å²) in [6, 6.07) is 5.66. The average molecular weight is 301 g/mol. The quantitative estimate of drug-likeness (QED) is 0.840. The lowest BCUT2D eigenvalue weighted by Crippen LogP contribution is -2.50. The van der Waals surface area contributed by atoms with Crippen LogP contribution >= 0.6 is 0 Å². The SMILES string of the molecule is CC(=O)N1CCN(C(=O)Cc2ccc3nc(C)oc3c2)CC1. The van der Waals surface area contributed by atoms with E-state index >= 15 is 0 Å². The zero-order valence-electron chi connectivity index (χ0n) is 12.8. The van der Waals surface area contributed by atoms with Crippen molar-refractivity contribution in [2.75, 3.05) is 26.2 Å². The van der Waals surface area contributed by atoms with Gasteiger partial charge >= 0.3 is 0 Å². The Balaban J connectivity index is 1.64. The number of piperazine rings is 1. The molecule has 2 heterocycles. The number of hydrogen-bond acceptors (Lipinski definition) is 4. The molecule has 2 aromatic rings. The van der Waals surface area contributed by atoms with Gasteiger partial charge in [-0.05, 0) is 17.7 Å². The largest absolute Gasteiger partial charge is 0.441 e. The summed E-state index contributed by atoms with van der Waals surface area (Å²) >= 11 is 0. The lowest BCUT2D eigenvalue weighted by atomic mass is 10.1. The highest BCUT2D eigenvalue weighted by molar-refractivity contribution is 5.81. The van der Waals surface area contributed by atoms with E-state index in [0.717, 1.165) is 11.1 Å². The molecule has 0 unspecified atom stereocenters. The van der Waals surface area contributed by atoms with E-state index in [9.17, 15) is 9.59 Å². The summed E-state index contributed by atoms with van der Waals surface area (Å²) in [5, 5.41) is 0. The summed E-state index contributed by atoms with van der Waals surface area (Å²) in [6.07, 6.45) is 0.343. The third-order valence-corrected chi connectivity index (χ3v) is 3.99. The molecule has 3 rings (SSSR count). The minimum absolute atomic E-state index is 0.0678. The first-order chi connectivity index (χ1) is 10.5. The van der Waals surface area contributed by atoms with Crippen LogP contribution in [0.5, 0.6) is 0 Å². The highest BCUT2D eigenvalue weighted by atomic mass is 16.3. The number of aromatic nitrogens is 1. The fourth-order valence-corrected chi connectivity index (χ4v) is 2.75. The van der Waals surface area contributed by atoms with E-state index in [4.69, 9.17) is 4.42 Å². The molecule has 1 saturated heterocycles. The van der Waals surface area contributed by atoms with Crippen molar-refractivity contribution in [3.05, 3.63) is 29.7 Å². The molecule has 0 aliphatic carbocycles. The fraction of sp³-hybridized carbons (Fsp3) is 0.438. The smallest absolute Gasteiger partial charge is 0.227 e. The number of oxazole rings is 1. The van der Waals surface area contributed by atoms with Crippen LogP contribution in [0, 0.1) is 6.92 Å². The third-order valence-electron chi connectivity index (χ3n) is 3.99. The first kappa shape index (κ1) is 14.6. The third kappa shape index (κ3) is 2.95. The van der Waals surface area contributed by atoms with E-state index in [1.165, 1.54) is 0 Å². The monoisotopic (exact) mass is 301 g/mol. The van der Waals surface area contributed by atoms with Gasteiger partial charge in [0.15, 0.2) is 11.5 Å². The van der Waals surface area contributed by atoms with Gasteiger partial charge in [0.25, 0.3) is 0 Å². The van der Waals surface area contributed by atoms with Gasteiger partial charge in [0.2, 0.25) is 11.8 Å². The second-order valence-electron chi connectivity index (χ2n) is 5.60. The average Bonchev–Trinajstić information content (AvgIpc) is 2.86. The van der Waals surface area contributed by atoms with Crippen LogP contribution in [0.1, 0.15) is 18.4 Å². The second kappa shape index (κ2) is 5.79. The summed E-state index contributed by atoms with van der Waals surface area (Å²) in [4.78, 5) is 31.5. The van der Waals surface area contributed by atoms with Crippen LogP contribution in [0.4, 0.5) is 0 Å². The predicted molar refractivity (Wildman–Crippen MR) is 81.3 cm³/mol. The number of benzene rings is 1. The van der Waals surface area contributed by atoms with E-state index in [2.05, 4.69) is 4.98 Å². The fourth-order valence-electron chi connectivity index (χ4n) is 2.75. The molecule has 22 heavy (non-hydrogen) atoms.